The number of phenols is 1. The lowest BCUT2D eigenvalue weighted by Crippen LogP contribution is -2.49. The largest absolute Gasteiger partial charge is 0.508 e. The number of benzene rings is 2. The summed E-state index contributed by atoms with van der Waals surface area (Å²) in [6.45, 7) is 2.22. The number of carboxylic acid groups (broad SMARTS) is 1. The summed E-state index contributed by atoms with van der Waals surface area (Å²) in [6.07, 6.45) is 0.641. The van der Waals surface area contributed by atoms with Gasteiger partial charge in [0.1, 0.15) is 5.75 Å². The average molecular weight is 354 g/mol. The number of carbonyl (C=O) groups excluding carboxylic acids is 1. The molecule has 1 heterocycles. The van der Waals surface area contributed by atoms with E-state index in [1.54, 1.807) is 29.2 Å². The van der Waals surface area contributed by atoms with E-state index in [0.717, 1.165) is 11.1 Å². The van der Waals surface area contributed by atoms with Crippen LogP contribution in [0.15, 0.2) is 48.5 Å². The molecule has 6 heteroatoms. The average Bonchev–Trinajstić information content (AvgIpc) is 2.61. The fraction of sp³-hybridized carbons (Fsp3) is 0.300. The molecule has 1 aliphatic rings. The molecule has 2 N–H and O–H groups in total. The van der Waals surface area contributed by atoms with E-state index in [-0.39, 0.29) is 18.2 Å². The van der Waals surface area contributed by atoms with E-state index in [9.17, 15) is 14.7 Å². The van der Waals surface area contributed by atoms with Crippen LogP contribution in [0.5, 0.6) is 5.75 Å². The van der Waals surface area contributed by atoms with Gasteiger partial charge >= 0.3 is 5.97 Å². The van der Waals surface area contributed by atoms with E-state index in [4.69, 9.17) is 5.11 Å². The minimum atomic E-state index is -0.843. The van der Waals surface area contributed by atoms with Crippen LogP contribution in [0.2, 0.25) is 0 Å². The third-order valence-electron chi connectivity index (χ3n) is 4.51. The van der Waals surface area contributed by atoms with Gasteiger partial charge < -0.3 is 15.1 Å². The van der Waals surface area contributed by atoms with Crippen LogP contribution in [0.3, 0.4) is 0 Å². The molecule has 1 amide bonds. The van der Waals surface area contributed by atoms with Crippen molar-refractivity contribution in [1.29, 1.82) is 0 Å². The molecule has 0 spiro atoms. The van der Waals surface area contributed by atoms with Gasteiger partial charge in [-0.25, -0.2) is 0 Å². The van der Waals surface area contributed by atoms with E-state index in [1.165, 1.54) is 0 Å². The predicted octanol–water partition coefficient (Wildman–Crippen LogP) is 1.83. The highest BCUT2D eigenvalue weighted by Crippen LogP contribution is 2.17. The molecular formula is C20H22N2O4. The van der Waals surface area contributed by atoms with Gasteiger partial charge in [-0.05, 0) is 41.8 Å². The van der Waals surface area contributed by atoms with Crippen molar-refractivity contribution >= 4 is 11.9 Å². The number of carboxylic acids is 1. The zero-order chi connectivity index (χ0) is 18.5. The first kappa shape index (κ1) is 17.9. The number of rotatable bonds is 5. The number of carbonyl (C=O) groups is 2. The smallest absolute Gasteiger partial charge is 0.317 e. The van der Waals surface area contributed by atoms with Crippen molar-refractivity contribution in [2.45, 2.75) is 6.42 Å². The van der Waals surface area contributed by atoms with Crippen LogP contribution < -0.4 is 0 Å². The third kappa shape index (κ3) is 4.61. The molecule has 0 aliphatic carbocycles. The summed E-state index contributed by atoms with van der Waals surface area (Å²) in [6, 6.07) is 14.6. The molecule has 0 radical (unpaired) electrons. The molecule has 0 aromatic heterocycles. The van der Waals surface area contributed by atoms with Gasteiger partial charge in [0, 0.05) is 31.7 Å². The molecule has 136 valence electrons. The second-order valence-corrected chi connectivity index (χ2v) is 6.51. The molecule has 0 unspecified atom stereocenters. The predicted molar refractivity (Wildman–Crippen MR) is 97.3 cm³/mol. The Kier molecular flexibility index (Phi) is 5.53. The first-order chi connectivity index (χ1) is 12.5. The van der Waals surface area contributed by atoms with Crippen LogP contribution in [0, 0.1) is 0 Å². The van der Waals surface area contributed by atoms with Crippen LogP contribution >= 0.6 is 0 Å². The van der Waals surface area contributed by atoms with Gasteiger partial charge in [0.05, 0.1) is 6.54 Å². The minimum absolute atomic E-state index is 0.0153. The Bertz CT molecular complexity index is 798. The maximum atomic E-state index is 12.7. The lowest BCUT2D eigenvalue weighted by atomic mass is 10.0. The Morgan fingerprint density at radius 1 is 0.923 bits per heavy atom. The fourth-order valence-corrected chi connectivity index (χ4v) is 3.20. The summed E-state index contributed by atoms with van der Waals surface area (Å²) in [7, 11) is 0. The highest BCUT2D eigenvalue weighted by atomic mass is 16.4. The summed E-state index contributed by atoms with van der Waals surface area (Å²) >= 11 is 0. The molecule has 2 aromatic carbocycles. The molecule has 3 rings (SSSR count). The lowest BCUT2D eigenvalue weighted by Gasteiger charge is -2.33. The number of hydrogen-bond donors (Lipinski definition) is 2. The van der Waals surface area contributed by atoms with Crippen molar-refractivity contribution in [3.05, 3.63) is 65.2 Å². The van der Waals surface area contributed by atoms with E-state index >= 15 is 0 Å². The van der Waals surface area contributed by atoms with Crippen LogP contribution in [-0.2, 0) is 11.2 Å². The SMILES string of the molecule is O=C(O)CN1CCN(C(=O)c2cccc(Cc3cccc(O)c3)c2)CC1. The third-order valence-corrected chi connectivity index (χ3v) is 4.51. The van der Waals surface area contributed by atoms with Crippen molar-refractivity contribution in [2.75, 3.05) is 32.7 Å². The van der Waals surface area contributed by atoms with E-state index in [2.05, 4.69) is 0 Å². The molecule has 6 nitrogen and oxygen atoms in total. The quantitative estimate of drug-likeness (QED) is 0.856. The highest BCUT2D eigenvalue weighted by molar-refractivity contribution is 5.94. The zero-order valence-electron chi connectivity index (χ0n) is 14.5. The van der Waals surface area contributed by atoms with Gasteiger partial charge in [-0.15, -0.1) is 0 Å². The monoisotopic (exact) mass is 354 g/mol. The molecule has 2 aromatic rings. The highest BCUT2D eigenvalue weighted by Gasteiger charge is 2.23. The van der Waals surface area contributed by atoms with Crippen LogP contribution in [0.1, 0.15) is 21.5 Å². The Balaban J connectivity index is 1.64. The van der Waals surface area contributed by atoms with E-state index < -0.39 is 5.97 Å². The maximum absolute atomic E-state index is 12.7. The summed E-state index contributed by atoms with van der Waals surface area (Å²) in [5, 5.41) is 18.4. The first-order valence-electron chi connectivity index (χ1n) is 8.61. The second kappa shape index (κ2) is 8.01. The van der Waals surface area contributed by atoms with Crippen molar-refractivity contribution < 1.29 is 19.8 Å². The molecular weight excluding hydrogens is 332 g/mol. The Labute approximate surface area is 152 Å². The normalized spacial score (nSPS) is 15.0. The van der Waals surface area contributed by atoms with Crippen molar-refractivity contribution in [3.8, 4) is 5.75 Å². The topological polar surface area (TPSA) is 81.1 Å². The molecule has 1 saturated heterocycles. The van der Waals surface area contributed by atoms with Gasteiger partial charge in [0.2, 0.25) is 0 Å². The second-order valence-electron chi connectivity index (χ2n) is 6.51. The Morgan fingerprint density at radius 2 is 1.58 bits per heavy atom. The number of nitrogens with zero attached hydrogens (tertiary/aromatic N) is 2. The van der Waals surface area contributed by atoms with Crippen molar-refractivity contribution in [1.82, 2.24) is 9.80 Å². The number of aliphatic carboxylic acids is 1. The summed E-state index contributed by atoms with van der Waals surface area (Å²) in [5.74, 6) is -0.642. The van der Waals surface area contributed by atoms with Crippen LogP contribution in [-0.4, -0.2) is 64.6 Å². The maximum Gasteiger partial charge on any atom is 0.317 e. The lowest BCUT2D eigenvalue weighted by molar-refractivity contribution is -0.138. The van der Waals surface area contributed by atoms with E-state index in [1.807, 2.05) is 29.2 Å². The number of piperazine rings is 1. The van der Waals surface area contributed by atoms with Crippen LogP contribution in [0.25, 0.3) is 0 Å². The minimum Gasteiger partial charge on any atom is -0.508 e. The molecule has 0 atom stereocenters. The summed E-state index contributed by atoms with van der Waals surface area (Å²) in [4.78, 5) is 27.1. The molecule has 0 saturated carbocycles. The standard InChI is InChI=1S/C20H22N2O4/c23-18-6-2-4-16(13-18)11-15-3-1-5-17(12-15)20(26)22-9-7-21(8-10-22)14-19(24)25/h1-6,12-13,23H,7-11,14H2,(H,24,25). The Morgan fingerprint density at radius 3 is 2.23 bits per heavy atom. The van der Waals surface area contributed by atoms with Gasteiger partial charge in [-0.3, -0.25) is 14.5 Å². The van der Waals surface area contributed by atoms with Crippen molar-refractivity contribution in [2.24, 2.45) is 0 Å². The number of aromatic hydroxyl groups is 1. The summed E-state index contributed by atoms with van der Waals surface area (Å²) in [5.41, 5.74) is 2.62. The molecule has 1 fully saturated rings. The number of amides is 1. The number of phenolic OH excluding ortho intramolecular Hbond substituents is 1. The Hall–Kier alpha value is -2.86. The van der Waals surface area contributed by atoms with Gasteiger partial charge in [-0.1, -0.05) is 24.3 Å². The summed E-state index contributed by atoms with van der Waals surface area (Å²) < 4.78 is 0. The molecule has 26 heavy (non-hydrogen) atoms. The first-order valence-corrected chi connectivity index (χ1v) is 8.61. The van der Waals surface area contributed by atoms with Crippen molar-refractivity contribution in [3.63, 3.8) is 0 Å². The molecule has 0 bridgehead atoms. The number of hydrogen-bond acceptors (Lipinski definition) is 4. The zero-order valence-corrected chi connectivity index (χ0v) is 14.5. The van der Waals surface area contributed by atoms with Gasteiger partial charge in [0.15, 0.2) is 0 Å². The fourth-order valence-electron chi connectivity index (χ4n) is 3.20. The van der Waals surface area contributed by atoms with E-state index in [0.29, 0.717) is 38.2 Å². The van der Waals surface area contributed by atoms with Gasteiger partial charge in [-0.2, -0.15) is 0 Å². The van der Waals surface area contributed by atoms with Crippen LogP contribution in [0.4, 0.5) is 0 Å². The van der Waals surface area contributed by atoms with Gasteiger partial charge in [0.25, 0.3) is 5.91 Å². The molecule has 1 aliphatic heterocycles.